The Labute approximate surface area is 194 Å². The second-order valence-corrected chi connectivity index (χ2v) is 7.67. The number of nitrogens with zero attached hydrogens (tertiary/aromatic N) is 1. The van der Waals surface area contributed by atoms with Crippen molar-refractivity contribution in [2.24, 2.45) is 11.8 Å². The molecule has 0 aromatic carbocycles. The molecule has 0 aromatic rings. The van der Waals surface area contributed by atoms with Gasteiger partial charge in [-0.3, -0.25) is 4.90 Å². The Balaban J connectivity index is 0. The topological polar surface area (TPSA) is 43.7 Å². The molecule has 1 aliphatic carbocycles. The summed E-state index contributed by atoms with van der Waals surface area (Å²) in [4.78, 5) is 2.67. The molecule has 177 valence electrons. The molecule has 0 spiro atoms. The lowest BCUT2D eigenvalue weighted by Crippen LogP contribution is -2.44. The average molecular weight is 431 g/mol. The Kier molecular flexibility index (Phi) is 22.4. The maximum Gasteiger partial charge on any atom is 0.287 e. The van der Waals surface area contributed by atoms with E-state index >= 15 is 0 Å². The predicted octanol–water partition coefficient (Wildman–Crippen LogP) is 6.36. The van der Waals surface area contributed by atoms with Crippen LogP contribution in [0.4, 0.5) is 0 Å². The highest BCUT2D eigenvalue weighted by Gasteiger charge is 2.30. The van der Waals surface area contributed by atoms with Crippen LogP contribution in [0.1, 0.15) is 65.7 Å². The molecule has 1 heterocycles. The maximum atomic E-state index is 8.20. The van der Waals surface area contributed by atoms with E-state index in [1.165, 1.54) is 56.3 Å². The van der Waals surface area contributed by atoms with Crippen molar-refractivity contribution in [3.63, 3.8) is 0 Å². The fourth-order valence-corrected chi connectivity index (χ4v) is 4.16. The third kappa shape index (κ3) is 12.3. The summed E-state index contributed by atoms with van der Waals surface area (Å²) in [5.74, 6) is 1.48. The molecule has 2 aliphatic rings. The monoisotopic (exact) mass is 430 g/mol. The van der Waals surface area contributed by atoms with Crippen LogP contribution in [0, 0.1) is 11.8 Å². The third-order valence-electron chi connectivity index (χ3n) is 5.99. The number of aliphatic hydroxyl groups is 1. The second-order valence-electron chi connectivity index (χ2n) is 7.67. The van der Waals surface area contributed by atoms with Gasteiger partial charge in [0.2, 0.25) is 0 Å². The molecule has 31 heavy (non-hydrogen) atoms. The van der Waals surface area contributed by atoms with Gasteiger partial charge < -0.3 is 10.1 Å². The number of rotatable bonds is 9. The summed E-state index contributed by atoms with van der Waals surface area (Å²) in [6.07, 6.45) is 14.9. The first kappa shape index (κ1) is 31.8. The van der Waals surface area contributed by atoms with Gasteiger partial charge in [0.15, 0.2) is 0 Å². The van der Waals surface area contributed by atoms with E-state index in [1.807, 2.05) is 19.9 Å². The van der Waals surface area contributed by atoms with Gasteiger partial charge in [0.05, 0.1) is 0 Å². The van der Waals surface area contributed by atoms with Gasteiger partial charge in [0, 0.05) is 12.6 Å². The van der Waals surface area contributed by atoms with E-state index < -0.39 is 0 Å². The van der Waals surface area contributed by atoms with Crippen LogP contribution in [-0.2, 0) is 0 Å². The molecule has 0 aromatic heterocycles. The second kappa shape index (κ2) is 21.9. The smallest absolute Gasteiger partial charge is 0.287 e. The molecule has 2 unspecified atom stereocenters. The summed E-state index contributed by atoms with van der Waals surface area (Å²) in [6, 6.07) is 0.578. The zero-order valence-corrected chi connectivity index (χ0v) is 20.7. The van der Waals surface area contributed by atoms with Crippen molar-refractivity contribution in [2.45, 2.75) is 78.1 Å². The van der Waals surface area contributed by atoms with Gasteiger partial charge in [-0.05, 0) is 74.6 Å². The van der Waals surface area contributed by atoms with Gasteiger partial charge in [0.25, 0.3) is 7.48 Å². The Morgan fingerprint density at radius 2 is 1.68 bits per heavy atom. The maximum absolute atomic E-state index is 8.20. The highest BCUT2D eigenvalue weighted by molar-refractivity contribution is 6.25. The molecule has 1 radical (unpaired) electrons. The van der Waals surface area contributed by atoms with Crippen molar-refractivity contribution in [1.29, 1.82) is 0 Å². The van der Waals surface area contributed by atoms with Crippen LogP contribution < -0.4 is 0 Å². The Morgan fingerprint density at radius 3 is 2.13 bits per heavy atom. The van der Waals surface area contributed by atoms with E-state index in [0.717, 1.165) is 26.2 Å². The Bertz CT molecular complexity index is 491. The van der Waals surface area contributed by atoms with Crippen LogP contribution in [0.15, 0.2) is 62.3 Å². The van der Waals surface area contributed by atoms with Crippen LogP contribution in [0.25, 0.3) is 0 Å². The molecule has 1 saturated heterocycles. The molecule has 4 heteroatoms. The summed E-state index contributed by atoms with van der Waals surface area (Å²) >= 11 is 0. The van der Waals surface area contributed by atoms with E-state index in [4.69, 9.17) is 10.1 Å². The van der Waals surface area contributed by atoms with E-state index in [0.29, 0.717) is 18.3 Å². The fraction of sp³-hybridized carbons (Fsp3) is 0.630. The van der Waals surface area contributed by atoms with Crippen LogP contribution in [0.3, 0.4) is 0 Å². The van der Waals surface area contributed by atoms with E-state index in [-0.39, 0.29) is 6.61 Å². The Morgan fingerprint density at radius 1 is 1.06 bits per heavy atom. The number of aliphatic hydroxyl groups excluding tert-OH is 1. The van der Waals surface area contributed by atoms with Crippen molar-refractivity contribution < 1.29 is 10.1 Å². The lowest BCUT2D eigenvalue weighted by molar-refractivity contribution is 0.127. The number of unbranched alkanes of at least 4 members (excludes halogenated alkanes) is 1. The molecule has 2 N–H and O–H groups in total. The lowest BCUT2D eigenvalue weighted by Gasteiger charge is -2.41. The molecular formula is C27H49BNO2. The first-order valence-electron chi connectivity index (χ1n) is 12.0. The highest BCUT2D eigenvalue weighted by Crippen LogP contribution is 2.34. The summed E-state index contributed by atoms with van der Waals surface area (Å²) in [7, 11) is 1.12. The molecule has 0 saturated carbocycles. The molecule has 2 atom stereocenters. The minimum atomic E-state index is 0.230. The molecular weight excluding hydrogens is 381 g/mol. The average Bonchev–Trinajstić information content (AvgIpc) is 2.86. The van der Waals surface area contributed by atoms with Crippen molar-refractivity contribution >= 4 is 7.48 Å². The Hall–Kier alpha value is -1.36. The largest absolute Gasteiger partial charge is 0.454 e. The minimum absolute atomic E-state index is 0.230. The zero-order chi connectivity index (χ0) is 24.1. The number of likely N-dealkylation sites (tertiary alicyclic amines) is 1. The third-order valence-corrected chi connectivity index (χ3v) is 5.99. The zero-order valence-electron chi connectivity index (χ0n) is 20.7. The van der Waals surface area contributed by atoms with Crippen molar-refractivity contribution in [1.82, 2.24) is 4.90 Å². The van der Waals surface area contributed by atoms with Gasteiger partial charge in [-0.25, -0.2) is 0 Å². The molecule has 3 nitrogen and oxygen atoms in total. The van der Waals surface area contributed by atoms with Gasteiger partial charge in [-0.1, -0.05) is 64.9 Å². The SMILES string of the molecule is C=C.C=CC1=C(C=C)C(N2CCC(C(C)C=C)CC2)CCC1.CC.O[B]CCCCO. The summed E-state index contributed by atoms with van der Waals surface area (Å²) < 4.78 is 0. The molecule has 2 rings (SSSR count). The van der Waals surface area contributed by atoms with Crippen LogP contribution in [0.2, 0.25) is 6.32 Å². The first-order valence-corrected chi connectivity index (χ1v) is 12.0. The van der Waals surface area contributed by atoms with Crippen LogP contribution in [0.5, 0.6) is 0 Å². The van der Waals surface area contributed by atoms with E-state index in [2.05, 4.69) is 56.9 Å². The summed E-state index contributed by atoms with van der Waals surface area (Å²) in [6.45, 7) is 26.9. The predicted molar refractivity (Wildman–Crippen MR) is 140 cm³/mol. The highest BCUT2D eigenvalue weighted by atomic mass is 16.3. The number of hydrogen-bond donors (Lipinski definition) is 2. The molecule has 0 bridgehead atoms. The van der Waals surface area contributed by atoms with Crippen molar-refractivity contribution in [3.05, 3.63) is 62.3 Å². The summed E-state index contributed by atoms with van der Waals surface area (Å²) in [5, 5.41) is 16.3. The van der Waals surface area contributed by atoms with Gasteiger partial charge >= 0.3 is 0 Å². The van der Waals surface area contributed by atoms with Gasteiger partial charge in [-0.15, -0.1) is 19.7 Å². The molecule has 0 amide bonds. The van der Waals surface area contributed by atoms with E-state index in [1.54, 1.807) is 0 Å². The first-order chi connectivity index (χ1) is 15.1. The fourth-order valence-electron chi connectivity index (χ4n) is 4.16. The van der Waals surface area contributed by atoms with Gasteiger partial charge in [0.1, 0.15) is 0 Å². The van der Waals surface area contributed by atoms with Crippen molar-refractivity contribution in [3.8, 4) is 0 Å². The number of allylic oxidation sites excluding steroid dienone is 3. The number of hydrogen-bond acceptors (Lipinski definition) is 3. The minimum Gasteiger partial charge on any atom is -0.454 e. The summed E-state index contributed by atoms with van der Waals surface area (Å²) in [5.41, 5.74) is 2.85. The standard InChI is InChI=1S/C19H29N.C4H10BO2.C2H6.C2H4/c1-5-15(4)17-11-13-20(14-12-17)19-10-8-9-16(6-2)18(19)7-3;6-4-2-1-3-5-7;2*1-2/h5-7,15,17,19H,1-3,8-14H2,4H3;6-7H,1-4H2;1-2H3;1-2H2. The number of piperidine rings is 1. The normalized spacial score (nSPS) is 19.8. The molecule has 1 fully saturated rings. The van der Waals surface area contributed by atoms with Gasteiger partial charge in [-0.2, -0.15) is 0 Å². The van der Waals surface area contributed by atoms with E-state index in [9.17, 15) is 0 Å². The van der Waals surface area contributed by atoms with Crippen LogP contribution in [-0.4, -0.2) is 48.3 Å². The lowest BCUT2D eigenvalue weighted by atomic mass is 9.82. The molecule has 1 aliphatic heterocycles. The van der Waals surface area contributed by atoms with Crippen molar-refractivity contribution in [2.75, 3.05) is 19.7 Å². The quantitative estimate of drug-likeness (QED) is 0.254. The van der Waals surface area contributed by atoms with Crippen LogP contribution >= 0.6 is 0 Å².